The van der Waals surface area contributed by atoms with Gasteiger partial charge >= 0.3 is 0 Å². The first-order valence-electron chi connectivity index (χ1n) is 7.49. The molecule has 6 nitrogen and oxygen atoms in total. The monoisotopic (exact) mass is 297 g/mol. The van der Waals surface area contributed by atoms with Crippen molar-refractivity contribution in [3.05, 3.63) is 0 Å². The molecular formula is C15H27N3O3. The lowest BCUT2D eigenvalue weighted by Gasteiger charge is -2.34. The first kappa shape index (κ1) is 17.5. The molecule has 21 heavy (non-hydrogen) atoms. The summed E-state index contributed by atoms with van der Waals surface area (Å²) in [6, 6.07) is 0. The van der Waals surface area contributed by atoms with Gasteiger partial charge in [-0.3, -0.25) is 14.4 Å². The van der Waals surface area contributed by atoms with Gasteiger partial charge in [0.15, 0.2) is 0 Å². The molecule has 0 bridgehead atoms. The molecule has 120 valence electrons. The van der Waals surface area contributed by atoms with Gasteiger partial charge in [0.2, 0.25) is 17.7 Å². The van der Waals surface area contributed by atoms with Gasteiger partial charge in [-0.25, -0.2) is 0 Å². The van der Waals surface area contributed by atoms with E-state index in [4.69, 9.17) is 0 Å². The molecule has 0 saturated carbocycles. The lowest BCUT2D eigenvalue weighted by molar-refractivity contribution is -0.138. The maximum atomic E-state index is 12.0. The van der Waals surface area contributed by atoms with E-state index in [0.717, 1.165) is 0 Å². The predicted octanol–water partition coefficient (Wildman–Crippen LogP) is 0.620. The predicted molar refractivity (Wildman–Crippen MR) is 80.5 cm³/mol. The zero-order chi connectivity index (χ0) is 16.0. The molecule has 1 saturated heterocycles. The number of nitrogens with zero attached hydrogens (tertiary/aromatic N) is 2. The molecule has 1 N–H and O–H groups in total. The molecule has 0 aromatic rings. The van der Waals surface area contributed by atoms with Crippen LogP contribution in [0.25, 0.3) is 0 Å². The van der Waals surface area contributed by atoms with Gasteiger partial charge < -0.3 is 15.1 Å². The van der Waals surface area contributed by atoms with Crippen LogP contribution in [0.3, 0.4) is 0 Å². The summed E-state index contributed by atoms with van der Waals surface area (Å²) < 4.78 is 0. The Hall–Kier alpha value is -1.59. The van der Waals surface area contributed by atoms with Crippen LogP contribution >= 0.6 is 0 Å². The number of amides is 3. The van der Waals surface area contributed by atoms with Crippen LogP contribution in [0.5, 0.6) is 0 Å². The van der Waals surface area contributed by atoms with E-state index >= 15 is 0 Å². The number of hydrogen-bond acceptors (Lipinski definition) is 3. The SMILES string of the molecule is CC(=O)N1CCN(C(=O)CCNC(=O)CC(C)(C)C)CC1. The van der Waals surface area contributed by atoms with Crippen molar-refractivity contribution in [1.82, 2.24) is 15.1 Å². The quantitative estimate of drug-likeness (QED) is 0.827. The van der Waals surface area contributed by atoms with E-state index in [1.165, 1.54) is 0 Å². The van der Waals surface area contributed by atoms with Crippen molar-refractivity contribution in [2.24, 2.45) is 5.41 Å². The maximum Gasteiger partial charge on any atom is 0.224 e. The summed E-state index contributed by atoms with van der Waals surface area (Å²) in [6.07, 6.45) is 0.772. The Kier molecular flexibility index (Phi) is 6.18. The van der Waals surface area contributed by atoms with Crippen LogP contribution < -0.4 is 5.32 Å². The van der Waals surface area contributed by atoms with Gasteiger partial charge in [0.25, 0.3) is 0 Å². The molecule has 1 aliphatic rings. The molecule has 1 heterocycles. The van der Waals surface area contributed by atoms with Crippen LogP contribution in [-0.2, 0) is 14.4 Å². The van der Waals surface area contributed by atoms with Crippen molar-refractivity contribution in [3.63, 3.8) is 0 Å². The van der Waals surface area contributed by atoms with Crippen LogP contribution in [0.15, 0.2) is 0 Å². The number of rotatable bonds is 4. The van der Waals surface area contributed by atoms with E-state index in [1.807, 2.05) is 20.8 Å². The summed E-state index contributed by atoms with van der Waals surface area (Å²) in [5.41, 5.74) is -0.0445. The highest BCUT2D eigenvalue weighted by molar-refractivity contribution is 5.79. The Balaban J connectivity index is 2.23. The Morgan fingerprint density at radius 1 is 1.00 bits per heavy atom. The average molecular weight is 297 g/mol. The van der Waals surface area contributed by atoms with Gasteiger partial charge in [-0.2, -0.15) is 0 Å². The summed E-state index contributed by atoms with van der Waals surface area (Å²) in [7, 11) is 0. The van der Waals surface area contributed by atoms with Crippen LogP contribution in [0.2, 0.25) is 0 Å². The van der Waals surface area contributed by atoms with Crippen molar-refractivity contribution in [2.75, 3.05) is 32.7 Å². The van der Waals surface area contributed by atoms with E-state index in [1.54, 1.807) is 16.7 Å². The molecule has 0 aromatic carbocycles. The highest BCUT2D eigenvalue weighted by atomic mass is 16.2. The highest BCUT2D eigenvalue weighted by Crippen LogP contribution is 2.17. The fourth-order valence-electron chi connectivity index (χ4n) is 2.28. The van der Waals surface area contributed by atoms with E-state index in [-0.39, 0.29) is 23.1 Å². The molecule has 1 fully saturated rings. The minimum absolute atomic E-state index is 0.0169. The summed E-state index contributed by atoms with van der Waals surface area (Å²) in [4.78, 5) is 38.4. The average Bonchev–Trinajstić information content (AvgIpc) is 2.36. The molecule has 1 aliphatic heterocycles. The third-order valence-electron chi connectivity index (χ3n) is 3.43. The van der Waals surface area contributed by atoms with Gasteiger partial charge in [0, 0.05) is 52.5 Å². The fraction of sp³-hybridized carbons (Fsp3) is 0.800. The van der Waals surface area contributed by atoms with E-state index in [9.17, 15) is 14.4 Å². The third-order valence-corrected chi connectivity index (χ3v) is 3.43. The van der Waals surface area contributed by atoms with Gasteiger partial charge in [-0.15, -0.1) is 0 Å². The minimum atomic E-state index is -0.0445. The van der Waals surface area contributed by atoms with Crippen molar-refractivity contribution in [1.29, 1.82) is 0 Å². The van der Waals surface area contributed by atoms with Crippen LogP contribution in [-0.4, -0.2) is 60.2 Å². The molecule has 0 radical (unpaired) electrons. The van der Waals surface area contributed by atoms with Gasteiger partial charge in [0.1, 0.15) is 0 Å². The summed E-state index contributed by atoms with van der Waals surface area (Å²) in [5.74, 6) is 0.0718. The fourth-order valence-corrected chi connectivity index (χ4v) is 2.28. The van der Waals surface area contributed by atoms with Crippen LogP contribution in [0, 0.1) is 5.41 Å². The van der Waals surface area contributed by atoms with Crippen LogP contribution in [0.1, 0.15) is 40.5 Å². The number of carbonyl (C=O) groups is 3. The van der Waals surface area contributed by atoms with Gasteiger partial charge in [-0.05, 0) is 5.41 Å². The highest BCUT2D eigenvalue weighted by Gasteiger charge is 2.22. The largest absolute Gasteiger partial charge is 0.356 e. The second kappa shape index (κ2) is 7.43. The zero-order valence-corrected chi connectivity index (χ0v) is 13.6. The maximum absolute atomic E-state index is 12.0. The standard InChI is InChI=1S/C15H27N3O3/c1-12(19)17-7-9-18(10-8-17)14(21)5-6-16-13(20)11-15(2,3)4/h5-11H2,1-4H3,(H,16,20). The molecule has 1 rings (SSSR count). The molecule has 0 aromatic heterocycles. The van der Waals surface area contributed by atoms with Crippen molar-refractivity contribution >= 4 is 17.7 Å². The number of hydrogen-bond donors (Lipinski definition) is 1. The summed E-state index contributed by atoms with van der Waals surface area (Å²) in [6.45, 7) is 10.3. The first-order chi connectivity index (χ1) is 9.69. The molecule has 0 unspecified atom stereocenters. The Morgan fingerprint density at radius 3 is 2.00 bits per heavy atom. The molecule has 0 aliphatic carbocycles. The molecule has 0 spiro atoms. The zero-order valence-electron chi connectivity index (χ0n) is 13.6. The van der Waals surface area contributed by atoms with Crippen LogP contribution in [0.4, 0.5) is 0 Å². The summed E-state index contributed by atoms with van der Waals surface area (Å²) >= 11 is 0. The minimum Gasteiger partial charge on any atom is -0.356 e. The van der Waals surface area contributed by atoms with Crippen molar-refractivity contribution in [3.8, 4) is 0 Å². The Morgan fingerprint density at radius 2 is 1.52 bits per heavy atom. The topological polar surface area (TPSA) is 69.7 Å². The first-order valence-corrected chi connectivity index (χ1v) is 7.49. The van der Waals surface area contributed by atoms with Gasteiger partial charge in [0.05, 0.1) is 0 Å². The lowest BCUT2D eigenvalue weighted by Crippen LogP contribution is -2.50. The van der Waals surface area contributed by atoms with Crippen molar-refractivity contribution in [2.45, 2.75) is 40.5 Å². The Bertz CT molecular complexity index is 393. The third kappa shape index (κ3) is 6.60. The molecular weight excluding hydrogens is 270 g/mol. The van der Waals surface area contributed by atoms with Crippen molar-refractivity contribution < 1.29 is 14.4 Å². The number of nitrogens with one attached hydrogen (secondary N) is 1. The second-order valence-corrected chi connectivity index (χ2v) is 6.72. The molecule has 3 amide bonds. The molecule has 0 atom stereocenters. The Labute approximate surface area is 126 Å². The lowest BCUT2D eigenvalue weighted by atomic mass is 9.92. The van der Waals surface area contributed by atoms with E-state index in [2.05, 4.69) is 5.32 Å². The van der Waals surface area contributed by atoms with E-state index < -0.39 is 0 Å². The van der Waals surface area contributed by atoms with Gasteiger partial charge in [-0.1, -0.05) is 20.8 Å². The normalized spacial score (nSPS) is 15.8. The summed E-state index contributed by atoms with van der Waals surface area (Å²) in [5, 5.41) is 2.79. The number of piperazine rings is 1. The second-order valence-electron chi connectivity index (χ2n) is 6.72. The smallest absolute Gasteiger partial charge is 0.224 e. The van der Waals surface area contributed by atoms with E-state index in [0.29, 0.717) is 45.6 Å². The molecule has 6 heteroatoms. The number of carbonyl (C=O) groups excluding carboxylic acids is 3.